The monoisotopic (exact) mass is 295 g/mol. The van der Waals surface area contributed by atoms with Gasteiger partial charge >= 0.3 is 6.03 Å². The number of amides is 3. The van der Waals surface area contributed by atoms with E-state index in [2.05, 4.69) is 22.8 Å². The molecule has 5 nitrogen and oxygen atoms in total. The first-order valence-corrected chi connectivity index (χ1v) is 7.21. The number of hydrogen-bond donors (Lipinski definition) is 2. The minimum absolute atomic E-state index is 0.109. The van der Waals surface area contributed by atoms with E-state index >= 15 is 0 Å². The maximum Gasteiger partial charge on any atom is 0.324 e. The predicted molar refractivity (Wildman–Crippen MR) is 85.5 cm³/mol. The molecule has 0 aliphatic carbocycles. The van der Waals surface area contributed by atoms with Crippen molar-refractivity contribution in [2.24, 2.45) is 0 Å². The zero-order valence-electron chi connectivity index (χ0n) is 12.1. The number of hydrogen-bond acceptors (Lipinski definition) is 3. The van der Waals surface area contributed by atoms with E-state index in [0.29, 0.717) is 13.1 Å². The Bertz CT molecular complexity index is 668. The highest BCUT2D eigenvalue weighted by Gasteiger charge is 2.25. The van der Waals surface area contributed by atoms with Crippen molar-refractivity contribution in [3.8, 4) is 11.1 Å². The van der Waals surface area contributed by atoms with Crippen molar-refractivity contribution in [3.05, 3.63) is 54.6 Å². The number of carbonyl (C=O) groups excluding carboxylic acids is 2. The van der Waals surface area contributed by atoms with E-state index < -0.39 is 0 Å². The topological polar surface area (TPSA) is 61.4 Å². The normalized spacial score (nSPS) is 13.8. The Labute approximate surface area is 128 Å². The quantitative estimate of drug-likeness (QED) is 0.910. The van der Waals surface area contributed by atoms with E-state index in [0.717, 1.165) is 16.8 Å². The van der Waals surface area contributed by atoms with Gasteiger partial charge in [0.15, 0.2) is 0 Å². The summed E-state index contributed by atoms with van der Waals surface area (Å²) >= 11 is 0. The summed E-state index contributed by atoms with van der Waals surface area (Å²) in [4.78, 5) is 24.5. The molecule has 22 heavy (non-hydrogen) atoms. The van der Waals surface area contributed by atoms with Crippen LogP contribution in [0.4, 0.5) is 10.5 Å². The van der Waals surface area contributed by atoms with Gasteiger partial charge in [0.1, 0.15) is 0 Å². The zero-order valence-corrected chi connectivity index (χ0v) is 12.1. The minimum Gasteiger partial charge on any atom is -0.376 e. The minimum atomic E-state index is -0.314. The molecular formula is C17H17N3O2. The molecule has 1 saturated heterocycles. The molecule has 112 valence electrons. The molecule has 1 aliphatic rings. The summed E-state index contributed by atoms with van der Waals surface area (Å²) in [6.45, 7) is 1.07. The molecule has 0 atom stereocenters. The predicted octanol–water partition coefficient (Wildman–Crippen LogP) is 2.32. The lowest BCUT2D eigenvalue weighted by Gasteiger charge is -2.13. The Morgan fingerprint density at radius 3 is 2.36 bits per heavy atom. The van der Waals surface area contributed by atoms with E-state index in [1.807, 2.05) is 42.5 Å². The lowest BCUT2D eigenvalue weighted by Crippen LogP contribution is -2.37. The van der Waals surface area contributed by atoms with Crippen LogP contribution in [0.25, 0.3) is 11.1 Å². The van der Waals surface area contributed by atoms with E-state index in [-0.39, 0.29) is 18.5 Å². The lowest BCUT2D eigenvalue weighted by molar-refractivity contribution is -0.125. The second-order valence-corrected chi connectivity index (χ2v) is 5.07. The number of carbonyl (C=O) groups is 2. The summed E-state index contributed by atoms with van der Waals surface area (Å²) in [7, 11) is 0. The van der Waals surface area contributed by atoms with Crippen LogP contribution in [-0.2, 0) is 4.79 Å². The molecule has 0 aromatic heterocycles. The van der Waals surface area contributed by atoms with E-state index in [9.17, 15) is 9.59 Å². The average molecular weight is 295 g/mol. The average Bonchev–Trinajstić information content (AvgIpc) is 3.00. The number of rotatable bonds is 4. The Morgan fingerprint density at radius 2 is 1.73 bits per heavy atom. The fourth-order valence-electron chi connectivity index (χ4n) is 2.39. The van der Waals surface area contributed by atoms with Crippen molar-refractivity contribution >= 4 is 17.6 Å². The molecule has 2 aromatic rings. The highest BCUT2D eigenvalue weighted by Crippen LogP contribution is 2.20. The second-order valence-electron chi connectivity index (χ2n) is 5.07. The van der Waals surface area contributed by atoms with E-state index in [4.69, 9.17) is 0 Å². The number of nitrogens with zero attached hydrogens (tertiary/aromatic N) is 1. The molecule has 5 heteroatoms. The van der Waals surface area contributed by atoms with Crippen molar-refractivity contribution in [1.82, 2.24) is 10.2 Å². The maximum atomic E-state index is 11.9. The largest absolute Gasteiger partial charge is 0.376 e. The standard InChI is InChI=1S/C17H17N3O2/c21-16(20-11-10-18-17(20)22)12-19-15-8-6-14(7-9-15)13-4-2-1-3-5-13/h1-9,19H,10-12H2,(H,18,22). The molecule has 0 radical (unpaired) electrons. The van der Waals surface area contributed by atoms with Gasteiger partial charge < -0.3 is 10.6 Å². The lowest BCUT2D eigenvalue weighted by atomic mass is 10.1. The summed E-state index contributed by atoms with van der Waals surface area (Å²) in [5.41, 5.74) is 3.13. The zero-order chi connectivity index (χ0) is 15.4. The summed E-state index contributed by atoms with van der Waals surface area (Å²) in [6.07, 6.45) is 0. The Morgan fingerprint density at radius 1 is 1.05 bits per heavy atom. The third-order valence-electron chi connectivity index (χ3n) is 3.59. The first kappa shape index (κ1) is 14.1. The van der Waals surface area contributed by atoms with Crippen molar-refractivity contribution in [2.45, 2.75) is 0 Å². The molecule has 3 rings (SSSR count). The SMILES string of the molecule is O=C(CNc1ccc(-c2ccccc2)cc1)N1CCNC1=O. The third-order valence-corrected chi connectivity index (χ3v) is 3.59. The summed E-state index contributed by atoms with van der Waals surface area (Å²) in [6, 6.07) is 17.7. The van der Waals surface area contributed by atoms with Crippen LogP contribution >= 0.6 is 0 Å². The Kier molecular flexibility index (Phi) is 4.05. The van der Waals surface area contributed by atoms with Gasteiger partial charge in [-0.1, -0.05) is 42.5 Å². The van der Waals surface area contributed by atoms with Gasteiger partial charge in [0.2, 0.25) is 5.91 Å². The number of imide groups is 1. The van der Waals surface area contributed by atoms with Gasteiger partial charge in [-0.2, -0.15) is 0 Å². The number of urea groups is 1. The van der Waals surface area contributed by atoms with Crippen molar-refractivity contribution < 1.29 is 9.59 Å². The Balaban J connectivity index is 1.60. The molecule has 0 saturated carbocycles. The van der Waals surface area contributed by atoms with E-state index in [1.165, 1.54) is 4.90 Å². The van der Waals surface area contributed by atoms with Gasteiger partial charge in [-0.3, -0.25) is 9.69 Å². The highest BCUT2D eigenvalue weighted by atomic mass is 16.2. The van der Waals surface area contributed by atoms with Crippen molar-refractivity contribution in [2.75, 3.05) is 25.0 Å². The van der Waals surface area contributed by atoms with Crippen LogP contribution in [-0.4, -0.2) is 36.5 Å². The maximum absolute atomic E-state index is 11.9. The fourth-order valence-corrected chi connectivity index (χ4v) is 2.39. The summed E-state index contributed by atoms with van der Waals surface area (Å²) in [5.74, 6) is -0.220. The van der Waals surface area contributed by atoms with Gasteiger partial charge in [-0.15, -0.1) is 0 Å². The van der Waals surface area contributed by atoms with Crippen LogP contribution in [0.5, 0.6) is 0 Å². The van der Waals surface area contributed by atoms with Crippen LogP contribution in [0.3, 0.4) is 0 Å². The van der Waals surface area contributed by atoms with Crippen LogP contribution in [0, 0.1) is 0 Å². The molecule has 0 unspecified atom stereocenters. The molecule has 1 aliphatic heterocycles. The number of nitrogens with one attached hydrogen (secondary N) is 2. The molecule has 0 spiro atoms. The third kappa shape index (κ3) is 3.09. The van der Waals surface area contributed by atoms with Crippen LogP contribution in [0.15, 0.2) is 54.6 Å². The smallest absolute Gasteiger partial charge is 0.324 e. The van der Waals surface area contributed by atoms with Gasteiger partial charge in [-0.25, -0.2) is 4.79 Å². The van der Waals surface area contributed by atoms with Gasteiger partial charge in [0.05, 0.1) is 6.54 Å². The van der Waals surface area contributed by atoms with Gasteiger partial charge in [-0.05, 0) is 23.3 Å². The fraction of sp³-hybridized carbons (Fsp3) is 0.176. The number of benzene rings is 2. The van der Waals surface area contributed by atoms with Gasteiger partial charge in [0.25, 0.3) is 0 Å². The first-order valence-electron chi connectivity index (χ1n) is 7.21. The molecule has 1 fully saturated rings. The molecule has 0 bridgehead atoms. The summed E-state index contributed by atoms with van der Waals surface area (Å²) in [5, 5.41) is 5.66. The van der Waals surface area contributed by atoms with Crippen LogP contribution in [0.2, 0.25) is 0 Å². The van der Waals surface area contributed by atoms with Crippen LogP contribution in [0.1, 0.15) is 0 Å². The summed E-state index contributed by atoms with van der Waals surface area (Å²) < 4.78 is 0. The Hall–Kier alpha value is -2.82. The molecular weight excluding hydrogens is 278 g/mol. The van der Waals surface area contributed by atoms with E-state index in [1.54, 1.807) is 0 Å². The molecule has 2 N–H and O–H groups in total. The van der Waals surface area contributed by atoms with Gasteiger partial charge in [0, 0.05) is 18.8 Å². The van der Waals surface area contributed by atoms with Crippen molar-refractivity contribution in [3.63, 3.8) is 0 Å². The highest BCUT2D eigenvalue weighted by molar-refractivity contribution is 5.97. The van der Waals surface area contributed by atoms with Crippen LogP contribution < -0.4 is 10.6 Å². The molecule has 2 aromatic carbocycles. The molecule has 3 amide bonds. The van der Waals surface area contributed by atoms with Crippen molar-refractivity contribution in [1.29, 1.82) is 0 Å². The second kappa shape index (κ2) is 6.30. The number of anilines is 1. The molecule has 1 heterocycles. The first-order chi connectivity index (χ1) is 10.7.